The molecule has 1 atom stereocenters. The topological polar surface area (TPSA) is 12.0 Å². The van der Waals surface area contributed by atoms with Crippen LogP contribution < -0.4 is 5.32 Å². The van der Waals surface area contributed by atoms with Gasteiger partial charge in [0.15, 0.2) is 0 Å². The second-order valence-electron chi connectivity index (χ2n) is 4.69. The maximum atomic E-state index is 5.73. The van der Waals surface area contributed by atoms with Crippen LogP contribution in [0.5, 0.6) is 0 Å². The second-order valence-corrected chi connectivity index (χ2v) is 5.00. The molecule has 0 aromatic heterocycles. The molecule has 1 unspecified atom stereocenters. The Balaban J connectivity index is 2.99. The van der Waals surface area contributed by atoms with Crippen molar-refractivity contribution in [3.63, 3.8) is 0 Å². The first-order chi connectivity index (χ1) is 6.66. The zero-order valence-corrected chi connectivity index (χ0v) is 10.7. The third-order valence-corrected chi connectivity index (χ3v) is 2.98. The Bertz CT molecular complexity index is 115. The fourth-order valence-corrected chi connectivity index (χ4v) is 1.57. The standard InChI is InChI=1S/C12H26ClN/c1-11(2)6-4-8-14-9-5-7-12(3)10-13/h11-12,14H,4-10H2,1-3H3. The van der Waals surface area contributed by atoms with E-state index in [4.69, 9.17) is 11.6 Å². The highest BCUT2D eigenvalue weighted by Gasteiger charge is 1.98. The monoisotopic (exact) mass is 219 g/mol. The summed E-state index contributed by atoms with van der Waals surface area (Å²) in [6.45, 7) is 9.10. The summed E-state index contributed by atoms with van der Waals surface area (Å²) in [5.41, 5.74) is 0. The third-order valence-electron chi connectivity index (χ3n) is 2.45. The van der Waals surface area contributed by atoms with E-state index in [-0.39, 0.29) is 0 Å². The fraction of sp³-hybridized carbons (Fsp3) is 1.00. The van der Waals surface area contributed by atoms with E-state index >= 15 is 0 Å². The van der Waals surface area contributed by atoms with Crippen LogP contribution in [-0.4, -0.2) is 19.0 Å². The van der Waals surface area contributed by atoms with E-state index in [0.29, 0.717) is 5.92 Å². The first-order valence-corrected chi connectivity index (χ1v) is 6.47. The summed E-state index contributed by atoms with van der Waals surface area (Å²) in [5, 5.41) is 3.48. The molecule has 0 aromatic rings. The van der Waals surface area contributed by atoms with Crippen molar-refractivity contribution in [1.29, 1.82) is 0 Å². The van der Waals surface area contributed by atoms with Crippen molar-refractivity contribution in [3.8, 4) is 0 Å². The summed E-state index contributed by atoms with van der Waals surface area (Å²) >= 11 is 5.73. The predicted octanol–water partition coefficient (Wildman–Crippen LogP) is 3.67. The Morgan fingerprint density at radius 2 is 1.57 bits per heavy atom. The van der Waals surface area contributed by atoms with E-state index in [1.807, 2.05) is 0 Å². The van der Waals surface area contributed by atoms with Crippen molar-refractivity contribution in [3.05, 3.63) is 0 Å². The third kappa shape index (κ3) is 10.3. The Hall–Kier alpha value is 0.250. The van der Waals surface area contributed by atoms with E-state index in [1.165, 1.54) is 32.2 Å². The molecule has 86 valence electrons. The van der Waals surface area contributed by atoms with Crippen LogP contribution in [-0.2, 0) is 0 Å². The molecule has 0 radical (unpaired) electrons. The van der Waals surface area contributed by atoms with Crippen LogP contribution in [0, 0.1) is 11.8 Å². The summed E-state index contributed by atoms with van der Waals surface area (Å²) in [6, 6.07) is 0. The molecule has 0 aromatic carbocycles. The Morgan fingerprint density at radius 1 is 1.00 bits per heavy atom. The number of alkyl halides is 1. The lowest BCUT2D eigenvalue weighted by molar-refractivity contribution is 0.500. The first-order valence-electron chi connectivity index (χ1n) is 5.93. The Morgan fingerprint density at radius 3 is 2.07 bits per heavy atom. The summed E-state index contributed by atoms with van der Waals surface area (Å²) in [7, 11) is 0. The summed E-state index contributed by atoms with van der Waals surface area (Å²) in [4.78, 5) is 0. The number of hydrogen-bond acceptors (Lipinski definition) is 1. The quantitative estimate of drug-likeness (QED) is 0.461. The summed E-state index contributed by atoms with van der Waals surface area (Å²) in [6.07, 6.45) is 5.16. The Labute approximate surface area is 94.6 Å². The van der Waals surface area contributed by atoms with Crippen molar-refractivity contribution in [2.45, 2.75) is 46.5 Å². The molecular weight excluding hydrogens is 194 g/mol. The van der Waals surface area contributed by atoms with Crippen molar-refractivity contribution in [2.24, 2.45) is 11.8 Å². The highest BCUT2D eigenvalue weighted by molar-refractivity contribution is 6.18. The van der Waals surface area contributed by atoms with Gasteiger partial charge in [-0.3, -0.25) is 0 Å². The maximum Gasteiger partial charge on any atom is 0.0249 e. The molecule has 0 heterocycles. The molecule has 1 nitrogen and oxygen atoms in total. The minimum absolute atomic E-state index is 0.675. The van der Waals surface area contributed by atoms with E-state index in [1.54, 1.807) is 0 Å². The SMILES string of the molecule is CC(C)CCCNCCCC(C)CCl. The number of hydrogen-bond donors (Lipinski definition) is 1. The molecule has 14 heavy (non-hydrogen) atoms. The van der Waals surface area contributed by atoms with Crippen LogP contribution in [0.1, 0.15) is 46.5 Å². The molecule has 0 saturated carbocycles. The van der Waals surface area contributed by atoms with Gasteiger partial charge in [-0.1, -0.05) is 20.8 Å². The van der Waals surface area contributed by atoms with Crippen molar-refractivity contribution < 1.29 is 0 Å². The normalized spacial score (nSPS) is 13.5. The van der Waals surface area contributed by atoms with Crippen LogP contribution in [0.15, 0.2) is 0 Å². The zero-order chi connectivity index (χ0) is 10.8. The minimum atomic E-state index is 0.675. The lowest BCUT2D eigenvalue weighted by atomic mass is 10.1. The molecule has 0 aliphatic carbocycles. The molecule has 0 bridgehead atoms. The van der Waals surface area contributed by atoms with Crippen molar-refractivity contribution in [2.75, 3.05) is 19.0 Å². The van der Waals surface area contributed by atoms with Crippen molar-refractivity contribution in [1.82, 2.24) is 5.32 Å². The van der Waals surface area contributed by atoms with Gasteiger partial charge >= 0.3 is 0 Å². The van der Waals surface area contributed by atoms with E-state index < -0.39 is 0 Å². The van der Waals surface area contributed by atoms with Gasteiger partial charge < -0.3 is 5.32 Å². The van der Waals surface area contributed by atoms with Crippen LogP contribution in [0.2, 0.25) is 0 Å². The van der Waals surface area contributed by atoms with Gasteiger partial charge in [0.2, 0.25) is 0 Å². The van der Waals surface area contributed by atoms with E-state index in [2.05, 4.69) is 26.1 Å². The highest BCUT2D eigenvalue weighted by Crippen LogP contribution is 2.06. The van der Waals surface area contributed by atoms with Gasteiger partial charge in [0.1, 0.15) is 0 Å². The van der Waals surface area contributed by atoms with Gasteiger partial charge in [0, 0.05) is 5.88 Å². The van der Waals surface area contributed by atoms with E-state index in [0.717, 1.165) is 18.3 Å². The van der Waals surface area contributed by atoms with Crippen molar-refractivity contribution >= 4 is 11.6 Å². The van der Waals surface area contributed by atoms with Crippen LogP contribution >= 0.6 is 11.6 Å². The van der Waals surface area contributed by atoms with Crippen LogP contribution in [0.3, 0.4) is 0 Å². The van der Waals surface area contributed by atoms with Gasteiger partial charge in [0.05, 0.1) is 0 Å². The average Bonchev–Trinajstić information content (AvgIpc) is 2.15. The molecule has 0 aliphatic heterocycles. The molecule has 1 N–H and O–H groups in total. The molecule has 0 rings (SSSR count). The maximum absolute atomic E-state index is 5.73. The number of nitrogens with one attached hydrogen (secondary N) is 1. The smallest absolute Gasteiger partial charge is 0.0249 e. The lowest BCUT2D eigenvalue weighted by Crippen LogP contribution is -2.17. The second kappa shape index (κ2) is 9.79. The molecule has 0 saturated heterocycles. The highest BCUT2D eigenvalue weighted by atomic mass is 35.5. The minimum Gasteiger partial charge on any atom is -0.317 e. The zero-order valence-electron chi connectivity index (χ0n) is 9.98. The van der Waals surface area contributed by atoms with Gasteiger partial charge in [-0.2, -0.15) is 0 Å². The van der Waals surface area contributed by atoms with Gasteiger partial charge in [-0.05, 0) is 50.6 Å². The van der Waals surface area contributed by atoms with Crippen LogP contribution in [0.25, 0.3) is 0 Å². The molecule has 0 fully saturated rings. The Kier molecular flexibility index (Phi) is 9.97. The van der Waals surface area contributed by atoms with E-state index in [9.17, 15) is 0 Å². The molecule has 0 spiro atoms. The summed E-state index contributed by atoms with van der Waals surface area (Å²) in [5.74, 6) is 2.31. The lowest BCUT2D eigenvalue weighted by Gasteiger charge is -2.08. The molecular formula is C12H26ClN. The summed E-state index contributed by atoms with van der Waals surface area (Å²) < 4.78 is 0. The first kappa shape index (κ1) is 14.2. The molecule has 0 amide bonds. The average molecular weight is 220 g/mol. The largest absolute Gasteiger partial charge is 0.317 e. The fourth-order valence-electron chi connectivity index (χ4n) is 1.41. The van der Waals surface area contributed by atoms with Crippen LogP contribution in [0.4, 0.5) is 0 Å². The molecule has 0 aliphatic rings. The predicted molar refractivity (Wildman–Crippen MR) is 66.1 cm³/mol. The van der Waals surface area contributed by atoms with Gasteiger partial charge in [-0.25, -0.2) is 0 Å². The number of halogens is 1. The van der Waals surface area contributed by atoms with Gasteiger partial charge in [-0.15, -0.1) is 11.6 Å². The number of rotatable bonds is 9. The van der Waals surface area contributed by atoms with Gasteiger partial charge in [0.25, 0.3) is 0 Å². The molecule has 2 heteroatoms.